The van der Waals surface area contributed by atoms with Crippen molar-refractivity contribution in [2.75, 3.05) is 43.9 Å². The van der Waals surface area contributed by atoms with Crippen LogP contribution in [0.25, 0.3) is 33.3 Å². The van der Waals surface area contributed by atoms with Gasteiger partial charge in [0.1, 0.15) is 30.3 Å². The predicted molar refractivity (Wildman–Crippen MR) is 114 cm³/mol. The highest BCUT2D eigenvalue weighted by atomic mass is 19.1. The van der Waals surface area contributed by atoms with Crippen molar-refractivity contribution in [2.45, 2.75) is 0 Å². The third-order valence-electron chi connectivity index (χ3n) is 5.80. The van der Waals surface area contributed by atoms with Gasteiger partial charge in [0.25, 0.3) is 5.56 Å². The first-order chi connectivity index (χ1) is 14.3. The number of aromatic nitrogens is 3. The number of nitrogen functional groups attached to an aromatic ring is 1. The number of piperazine rings is 1. The van der Waals surface area contributed by atoms with Crippen molar-refractivity contribution in [3.63, 3.8) is 0 Å². The van der Waals surface area contributed by atoms with Crippen LogP contribution in [0.4, 0.5) is 15.8 Å². The first-order valence-electron chi connectivity index (χ1n) is 9.75. The molecule has 0 atom stereocenters. The largest absolute Gasteiger partial charge is 0.397 e. The zero-order chi connectivity index (χ0) is 21.0. The Balaban J connectivity index is 1.58. The summed E-state index contributed by atoms with van der Waals surface area (Å²) in [6, 6.07) is 10.2. The lowest BCUT2D eigenvalue weighted by Crippen LogP contribution is -2.55. The zero-order valence-electron chi connectivity index (χ0n) is 16.4. The number of halogens is 1. The van der Waals surface area contributed by atoms with Crippen molar-refractivity contribution >= 4 is 33.3 Å². The number of quaternary nitrogens is 1. The molecule has 1 aliphatic rings. The van der Waals surface area contributed by atoms with E-state index in [-0.39, 0.29) is 21.3 Å². The molecule has 0 aliphatic carbocycles. The highest BCUT2D eigenvalue weighted by Gasteiger charge is 2.27. The molecule has 1 saturated heterocycles. The second-order valence-corrected chi connectivity index (χ2v) is 7.97. The van der Waals surface area contributed by atoms with Crippen molar-refractivity contribution in [1.29, 1.82) is 0 Å². The van der Waals surface area contributed by atoms with Crippen LogP contribution in [0, 0.1) is 5.82 Å². The number of hydroxylamine groups is 3. The van der Waals surface area contributed by atoms with Gasteiger partial charge in [0.05, 0.1) is 47.8 Å². The first kappa shape index (κ1) is 18.6. The first-order valence-corrected chi connectivity index (χ1v) is 9.75. The summed E-state index contributed by atoms with van der Waals surface area (Å²) >= 11 is 0. The number of nitrogens with one attached hydrogen (secondary N) is 2. The van der Waals surface area contributed by atoms with Crippen LogP contribution >= 0.6 is 0 Å². The van der Waals surface area contributed by atoms with Gasteiger partial charge in [-0.3, -0.25) is 4.79 Å². The minimum Gasteiger partial charge on any atom is -0.397 e. The molecule has 0 spiro atoms. The Kier molecular flexibility index (Phi) is 4.05. The average molecular weight is 409 g/mol. The van der Waals surface area contributed by atoms with E-state index < -0.39 is 11.4 Å². The molecule has 0 bridgehead atoms. The quantitative estimate of drug-likeness (QED) is 0.380. The lowest BCUT2D eigenvalue weighted by molar-refractivity contribution is -1.09. The number of hydrogen-bond donors (Lipinski definition) is 4. The fourth-order valence-corrected chi connectivity index (χ4v) is 4.04. The van der Waals surface area contributed by atoms with Crippen LogP contribution in [0.1, 0.15) is 0 Å². The number of rotatable bonds is 2. The Labute approximate surface area is 170 Å². The molecular formula is C21H22FN6O2+. The highest BCUT2D eigenvalue weighted by molar-refractivity contribution is 5.98. The number of hydrogen-bond acceptors (Lipinski definition) is 5. The Bertz CT molecular complexity index is 1330. The molecule has 5 rings (SSSR count). The van der Waals surface area contributed by atoms with Gasteiger partial charge in [-0.05, 0) is 30.3 Å². The van der Waals surface area contributed by atoms with Gasteiger partial charge in [0, 0.05) is 5.69 Å². The van der Waals surface area contributed by atoms with E-state index in [0.29, 0.717) is 29.9 Å². The number of nitrogens with two attached hydrogens (primary N) is 1. The number of H-pyrrole nitrogens is 2. The number of imidazole rings is 1. The van der Waals surface area contributed by atoms with E-state index in [1.54, 1.807) is 13.1 Å². The summed E-state index contributed by atoms with van der Waals surface area (Å²) < 4.78 is 14.4. The van der Waals surface area contributed by atoms with Crippen LogP contribution in [-0.4, -0.2) is 58.0 Å². The Morgan fingerprint density at radius 3 is 2.70 bits per heavy atom. The summed E-state index contributed by atoms with van der Waals surface area (Å²) in [7, 11) is 1.80. The molecule has 5 N–H and O–H groups in total. The fraction of sp³-hybridized carbons (Fsp3) is 0.238. The minimum absolute atomic E-state index is 0.0214. The summed E-state index contributed by atoms with van der Waals surface area (Å²) in [4.78, 5) is 25.2. The zero-order valence-corrected chi connectivity index (χ0v) is 16.4. The molecule has 0 saturated carbocycles. The molecule has 0 amide bonds. The molecule has 8 nitrogen and oxygen atoms in total. The monoisotopic (exact) mass is 409 g/mol. The van der Waals surface area contributed by atoms with E-state index in [1.807, 2.05) is 18.2 Å². The number of anilines is 2. The number of fused-ring (bicyclic) bond motifs is 2. The van der Waals surface area contributed by atoms with Gasteiger partial charge in [-0.2, -0.15) is 4.65 Å². The molecule has 0 radical (unpaired) electrons. The molecule has 9 heteroatoms. The number of benzene rings is 2. The molecule has 0 unspecified atom stereocenters. The van der Waals surface area contributed by atoms with Crippen molar-refractivity contribution < 1.29 is 14.2 Å². The molecule has 154 valence electrons. The molecule has 2 aromatic heterocycles. The van der Waals surface area contributed by atoms with Gasteiger partial charge < -0.3 is 20.6 Å². The van der Waals surface area contributed by atoms with Gasteiger partial charge in [-0.15, -0.1) is 0 Å². The van der Waals surface area contributed by atoms with Gasteiger partial charge in [0.15, 0.2) is 0 Å². The normalized spacial score (nSPS) is 16.4. The van der Waals surface area contributed by atoms with Crippen LogP contribution in [0.15, 0.2) is 41.2 Å². The van der Waals surface area contributed by atoms with E-state index >= 15 is 0 Å². The maximum Gasteiger partial charge on any atom is 0.261 e. The van der Waals surface area contributed by atoms with Crippen LogP contribution < -0.4 is 16.2 Å². The molecule has 2 aromatic carbocycles. The molecular weight excluding hydrogens is 387 g/mol. The summed E-state index contributed by atoms with van der Waals surface area (Å²) in [6.45, 7) is 2.74. The maximum absolute atomic E-state index is 14.3. The van der Waals surface area contributed by atoms with Crippen molar-refractivity contribution in [1.82, 2.24) is 15.0 Å². The minimum atomic E-state index is -0.500. The lowest BCUT2D eigenvalue weighted by Gasteiger charge is -2.36. The molecule has 1 fully saturated rings. The van der Waals surface area contributed by atoms with Crippen molar-refractivity contribution in [3.05, 3.63) is 52.6 Å². The third kappa shape index (κ3) is 2.99. The summed E-state index contributed by atoms with van der Waals surface area (Å²) in [5.74, 6) is -0.204. The second-order valence-electron chi connectivity index (χ2n) is 7.97. The Morgan fingerprint density at radius 2 is 1.93 bits per heavy atom. The Hall–Kier alpha value is -3.43. The SMILES string of the molecule is C[N+]1(O)CCN(c2ccc3nc(-c4c(N)c5c(F)cccc5[nH]c4=O)[nH]c3c2)CC1. The molecule has 4 aromatic rings. The lowest BCUT2D eigenvalue weighted by atomic mass is 10.1. The summed E-state index contributed by atoms with van der Waals surface area (Å²) in [5.41, 5.74) is 8.73. The van der Waals surface area contributed by atoms with Crippen molar-refractivity contribution in [2.24, 2.45) is 0 Å². The van der Waals surface area contributed by atoms with E-state index in [9.17, 15) is 14.4 Å². The van der Waals surface area contributed by atoms with Gasteiger partial charge >= 0.3 is 0 Å². The second kappa shape index (κ2) is 6.54. The van der Waals surface area contributed by atoms with E-state index in [4.69, 9.17) is 5.73 Å². The van der Waals surface area contributed by atoms with Crippen LogP contribution in [0.3, 0.4) is 0 Å². The van der Waals surface area contributed by atoms with Crippen LogP contribution in [0.5, 0.6) is 0 Å². The molecule has 30 heavy (non-hydrogen) atoms. The van der Waals surface area contributed by atoms with Crippen LogP contribution in [-0.2, 0) is 0 Å². The predicted octanol–water partition coefficient (Wildman–Crippen LogP) is 2.45. The molecule has 1 aliphatic heterocycles. The number of nitrogens with zero attached hydrogens (tertiary/aromatic N) is 3. The number of aromatic amines is 2. The van der Waals surface area contributed by atoms with E-state index in [0.717, 1.165) is 24.3 Å². The van der Waals surface area contributed by atoms with Crippen molar-refractivity contribution in [3.8, 4) is 11.4 Å². The van der Waals surface area contributed by atoms with E-state index in [2.05, 4.69) is 19.9 Å². The average Bonchev–Trinajstić information content (AvgIpc) is 3.10. The van der Waals surface area contributed by atoms with Crippen LogP contribution in [0.2, 0.25) is 0 Å². The fourth-order valence-electron chi connectivity index (χ4n) is 4.04. The molecule has 3 heterocycles. The highest BCUT2D eigenvalue weighted by Crippen LogP contribution is 2.31. The number of likely N-dealkylation sites (N-methyl/N-ethyl adjacent to an activating group) is 1. The topological polar surface area (TPSA) is 111 Å². The van der Waals surface area contributed by atoms with Gasteiger partial charge in [-0.25, -0.2) is 14.6 Å². The Morgan fingerprint density at radius 1 is 1.17 bits per heavy atom. The summed E-state index contributed by atoms with van der Waals surface area (Å²) in [6.07, 6.45) is 0. The van der Waals surface area contributed by atoms with Gasteiger partial charge in [-0.1, -0.05) is 6.07 Å². The third-order valence-corrected chi connectivity index (χ3v) is 5.80. The van der Waals surface area contributed by atoms with E-state index in [1.165, 1.54) is 12.1 Å². The standard InChI is InChI=1S/C21H21FN6O2/c1-28(30)9-7-27(8-10-28)12-5-6-14-16(11-12)25-20(24-14)18-19(23)17-13(22)3-2-4-15(17)26-21(18)29/h2-6,11,30H,7-10H2,1H3,(H3-,23,24,25,26,29)/p+1. The van der Waals surface area contributed by atoms with Gasteiger partial charge in [0.2, 0.25) is 0 Å². The number of pyridine rings is 1. The summed E-state index contributed by atoms with van der Waals surface area (Å²) in [5, 5.41) is 10.3. The smallest absolute Gasteiger partial charge is 0.261 e. The maximum atomic E-state index is 14.3.